The van der Waals surface area contributed by atoms with Crippen molar-refractivity contribution >= 4 is 45.6 Å². The van der Waals surface area contributed by atoms with E-state index in [1.54, 1.807) is 35.7 Å². The Morgan fingerprint density at radius 2 is 1.94 bits per heavy atom. The summed E-state index contributed by atoms with van der Waals surface area (Å²) in [6.07, 6.45) is 1.69. The summed E-state index contributed by atoms with van der Waals surface area (Å²) in [5, 5.41) is 8.46. The highest BCUT2D eigenvalue weighted by Gasteiger charge is 2.21. The number of aromatic nitrogens is 3. The number of aryl methyl sites for hydroxylation is 1. The van der Waals surface area contributed by atoms with Crippen LogP contribution in [-0.4, -0.2) is 33.9 Å². The Morgan fingerprint density at radius 1 is 1.19 bits per heavy atom. The van der Waals surface area contributed by atoms with Gasteiger partial charge in [-0.2, -0.15) is 5.10 Å². The van der Waals surface area contributed by atoms with Crippen LogP contribution in [0.3, 0.4) is 0 Å². The van der Waals surface area contributed by atoms with Crippen molar-refractivity contribution in [3.8, 4) is 22.1 Å². The van der Waals surface area contributed by atoms with Gasteiger partial charge < -0.3 is 14.8 Å². The molecule has 0 bridgehead atoms. The number of nitrogens with zero attached hydrogens (tertiary/aromatic N) is 3. The first kappa shape index (κ1) is 20.8. The third-order valence-corrected chi connectivity index (χ3v) is 6.51. The summed E-state index contributed by atoms with van der Waals surface area (Å²) < 4.78 is 13.0. The largest absolute Gasteiger partial charge is 0.486 e. The van der Waals surface area contributed by atoms with E-state index >= 15 is 0 Å². The summed E-state index contributed by atoms with van der Waals surface area (Å²) in [7, 11) is 0. The molecule has 1 amide bonds. The molecule has 3 aromatic heterocycles. The molecule has 1 aromatic carbocycles. The van der Waals surface area contributed by atoms with E-state index < -0.39 is 0 Å². The number of anilines is 1. The van der Waals surface area contributed by atoms with Crippen LogP contribution in [0.5, 0.6) is 11.5 Å². The molecule has 0 aliphatic carbocycles. The standard InChI is InChI=1S/C23H21ClN4O3S/c1-12(2)28-22-15(11-25-28)14(8-18(26-22)21-5-4-13(3)32-21)23(29)27-17-10-20-19(9-16(17)24)30-6-7-31-20/h4-5,8-12H,6-7H2,1-3H3,(H,27,29). The number of fused-ring (bicyclic) bond motifs is 2. The van der Waals surface area contributed by atoms with Crippen molar-refractivity contribution < 1.29 is 14.3 Å². The van der Waals surface area contributed by atoms with E-state index in [0.29, 0.717) is 52.0 Å². The predicted octanol–water partition coefficient (Wildman–Crippen LogP) is 5.73. The normalized spacial score (nSPS) is 13.0. The van der Waals surface area contributed by atoms with Gasteiger partial charge in [-0.3, -0.25) is 4.79 Å². The van der Waals surface area contributed by atoms with Crippen LogP contribution in [0.1, 0.15) is 35.1 Å². The van der Waals surface area contributed by atoms with Gasteiger partial charge >= 0.3 is 0 Å². The minimum absolute atomic E-state index is 0.100. The Morgan fingerprint density at radius 3 is 2.62 bits per heavy atom. The number of nitrogens with one attached hydrogen (secondary N) is 1. The molecule has 1 N–H and O–H groups in total. The van der Waals surface area contributed by atoms with Crippen LogP contribution < -0.4 is 14.8 Å². The molecule has 0 spiro atoms. The maximum absolute atomic E-state index is 13.4. The van der Waals surface area contributed by atoms with Crippen LogP contribution in [0, 0.1) is 6.92 Å². The quantitative estimate of drug-likeness (QED) is 0.414. The SMILES string of the molecule is Cc1ccc(-c2cc(C(=O)Nc3cc4c(cc3Cl)OCCO4)c3cnn(C(C)C)c3n2)s1. The van der Waals surface area contributed by atoms with Crippen LogP contribution in [0.4, 0.5) is 5.69 Å². The van der Waals surface area contributed by atoms with Crippen LogP contribution in [0.2, 0.25) is 5.02 Å². The first-order valence-electron chi connectivity index (χ1n) is 10.3. The van der Waals surface area contributed by atoms with Crippen molar-refractivity contribution in [2.75, 3.05) is 18.5 Å². The lowest BCUT2D eigenvalue weighted by Gasteiger charge is -2.20. The molecule has 0 radical (unpaired) electrons. The topological polar surface area (TPSA) is 78.3 Å². The summed E-state index contributed by atoms with van der Waals surface area (Å²) >= 11 is 8.04. The van der Waals surface area contributed by atoms with Gasteiger partial charge in [0.05, 0.1) is 38.4 Å². The van der Waals surface area contributed by atoms with Gasteiger partial charge in [0.1, 0.15) is 13.2 Å². The van der Waals surface area contributed by atoms with E-state index in [4.69, 9.17) is 26.1 Å². The number of rotatable bonds is 4. The Hall–Kier alpha value is -3.10. The van der Waals surface area contributed by atoms with Gasteiger partial charge in [-0.05, 0) is 39.0 Å². The molecule has 4 aromatic rings. The second kappa shape index (κ2) is 8.11. The molecule has 4 heterocycles. The molecule has 9 heteroatoms. The highest BCUT2D eigenvalue weighted by Crippen LogP contribution is 2.38. The number of carbonyl (C=O) groups is 1. The van der Waals surface area contributed by atoms with Crippen molar-refractivity contribution in [1.29, 1.82) is 0 Å². The molecule has 7 nitrogen and oxygen atoms in total. The number of ether oxygens (including phenoxy) is 2. The van der Waals surface area contributed by atoms with Gasteiger partial charge in [-0.25, -0.2) is 9.67 Å². The number of halogens is 1. The summed E-state index contributed by atoms with van der Waals surface area (Å²) in [5.41, 5.74) is 2.34. The van der Waals surface area contributed by atoms with E-state index in [1.807, 2.05) is 37.6 Å². The summed E-state index contributed by atoms with van der Waals surface area (Å²) in [6, 6.07) is 9.31. The van der Waals surface area contributed by atoms with Gasteiger partial charge in [0.25, 0.3) is 5.91 Å². The van der Waals surface area contributed by atoms with Crippen molar-refractivity contribution in [3.63, 3.8) is 0 Å². The molecule has 5 rings (SSSR count). The zero-order valence-corrected chi connectivity index (χ0v) is 19.4. The fourth-order valence-corrected chi connectivity index (χ4v) is 4.66. The number of pyridine rings is 1. The molecule has 0 atom stereocenters. The number of hydrogen-bond donors (Lipinski definition) is 1. The molecule has 0 saturated carbocycles. The van der Waals surface area contributed by atoms with Crippen LogP contribution in [0.15, 0.2) is 36.5 Å². The second-order valence-electron chi connectivity index (χ2n) is 7.82. The van der Waals surface area contributed by atoms with E-state index in [1.165, 1.54) is 4.88 Å². The van der Waals surface area contributed by atoms with E-state index in [9.17, 15) is 4.79 Å². The number of amides is 1. The molecule has 1 aliphatic rings. The molecular weight excluding hydrogens is 448 g/mol. The molecule has 0 saturated heterocycles. The molecular formula is C23H21ClN4O3S. The van der Waals surface area contributed by atoms with Gasteiger partial charge in [-0.1, -0.05) is 11.6 Å². The highest BCUT2D eigenvalue weighted by molar-refractivity contribution is 7.15. The van der Waals surface area contributed by atoms with Crippen molar-refractivity contribution in [2.24, 2.45) is 0 Å². The number of hydrogen-bond acceptors (Lipinski definition) is 6. The van der Waals surface area contributed by atoms with E-state index in [0.717, 1.165) is 10.6 Å². The van der Waals surface area contributed by atoms with Crippen molar-refractivity contribution in [2.45, 2.75) is 26.8 Å². The maximum Gasteiger partial charge on any atom is 0.256 e. The molecule has 0 unspecified atom stereocenters. The summed E-state index contributed by atoms with van der Waals surface area (Å²) in [4.78, 5) is 20.4. The van der Waals surface area contributed by atoms with Crippen LogP contribution in [-0.2, 0) is 0 Å². The molecule has 0 fully saturated rings. The fourth-order valence-electron chi connectivity index (χ4n) is 3.63. The van der Waals surface area contributed by atoms with Gasteiger partial charge in [0, 0.05) is 23.1 Å². The average Bonchev–Trinajstić information content (AvgIpc) is 3.39. The highest BCUT2D eigenvalue weighted by atomic mass is 35.5. The Labute approximate surface area is 193 Å². The van der Waals surface area contributed by atoms with Crippen LogP contribution in [0.25, 0.3) is 21.6 Å². The van der Waals surface area contributed by atoms with Crippen molar-refractivity contribution in [3.05, 3.63) is 52.0 Å². The Balaban J connectivity index is 1.59. The average molecular weight is 469 g/mol. The zero-order valence-electron chi connectivity index (χ0n) is 17.8. The minimum atomic E-state index is -0.297. The smallest absolute Gasteiger partial charge is 0.256 e. The first-order valence-corrected chi connectivity index (χ1v) is 11.5. The number of thiophene rings is 1. The summed E-state index contributed by atoms with van der Waals surface area (Å²) in [6.45, 7) is 7.03. The monoisotopic (exact) mass is 468 g/mol. The van der Waals surface area contributed by atoms with Gasteiger partial charge in [0.2, 0.25) is 0 Å². The van der Waals surface area contributed by atoms with Gasteiger partial charge in [-0.15, -0.1) is 11.3 Å². The fraction of sp³-hybridized carbons (Fsp3) is 0.261. The van der Waals surface area contributed by atoms with E-state index in [-0.39, 0.29) is 11.9 Å². The van der Waals surface area contributed by atoms with E-state index in [2.05, 4.69) is 10.4 Å². The number of benzene rings is 1. The Bertz CT molecular complexity index is 1340. The van der Waals surface area contributed by atoms with Crippen molar-refractivity contribution in [1.82, 2.24) is 14.8 Å². The van der Waals surface area contributed by atoms with Crippen LogP contribution >= 0.6 is 22.9 Å². The third-order valence-electron chi connectivity index (χ3n) is 5.17. The molecule has 164 valence electrons. The summed E-state index contributed by atoms with van der Waals surface area (Å²) in [5.74, 6) is 0.825. The third kappa shape index (κ3) is 3.69. The lowest BCUT2D eigenvalue weighted by molar-refractivity contribution is 0.102. The Kier molecular flexibility index (Phi) is 5.27. The lowest BCUT2D eigenvalue weighted by atomic mass is 10.1. The predicted molar refractivity (Wildman–Crippen MR) is 126 cm³/mol. The zero-order chi connectivity index (χ0) is 22.4. The minimum Gasteiger partial charge on any atom is -0.486 e. The maximum atomic E-state index is 13.4. The molecule has 32 heavy (non-hydrogen) atoms. The second-order valence-corrected chi connectivity index (χ2v) is 9.51. The van der Waals surface area contributed by atoms with Gasteiger partial charge in [0.15, 0.2) is 17.1 Å². The lowest BCUT2D eigenvalue weighted by Crippen LogP contribution is -2.17. The first-order chi connectivity index (χ1) is 15.4. The molecule has 1 aliphatic heterocycles. The number of carbonyl (C=O) groups excluding carboxylic acids is 1.